The fraction of sp³-hybridized carbons (Fsp3) is 0.360. The Balaban J connectivity index is 2.17. The van der Waals surface area contributed by atoms with Crippen molar-refractivity contribution in [3.8, 4) is 5.75 Å². The van der Waals surface area contributed by atoms with Gasteiger partial charge < -0.3 is 19.6 Å². The number of rotatable bonds is 8. The maximum absolute atomic E-state index is 13.2. The zero-order valence-electron chi connectivity index (χ0n) is 19.2. The van der Waals surface area contributed by atoms with Crippen molar-refractivity contribution in [3.05, 3.63) is 68.7 Å². The normalized spacial score (nSPS) is 17.8. The molecule has 1 atom stereocenters. The average molecular weight is 491 g/mol. The largest absolute Gasteiger partial charge is 0.507 e. The summed E-state index contributed by atoms with van der Waals surface area (Å²) in [6, 6.07) is 9.23. The molecule has 2 aromatic carbocycles. The van der Waals surface area contributed by atoms with E-state index < -0.39 is 17.7 Å². The standard InChI is InChI=1S/C25H28Cl2N2O4/c1-5-28(6-2)11-12-29-22(19-9-7-16(26)14-20(19)27)21(24(31)25(29)32)23(30)18-10-8-17(33-4)13-15(18)3/h7-10,13-14,22,30H,5-6,11-12H2,1-4H3/b23-21+/t22-/m0/s1. The number of hydrogen-bond donors (Lipinski definition) is 1. The number of ether oxygens (including phenoxy) is 1. The number of nitrogens with zero attached hydrogens (tertiary/aromatic N) is 2. The maximum atomic E-state index is 13.2. The third-order valence-corrected chi connectivity index (χ3v) is 6.60. The van der Waals surface area contributed by atoms with Gasteiger partial charge in [-0.25, -0.2) is 0 Å². The first kappa shape index (κ1) is 25.1. The number of carbonyl (C=O) groups is 2. The van der Waals surface area contributed by atoms with Gasteiger partial charge in [-0.05, 0) is 61.5 Å². The summed E-state index contributed by atoms with van der Waals surface area (Å²) in [5.41, 5.74) is 1.71. The number of aryl methyl sites for hydroxylation is 1. The van der Waals surface area contributed by atoms with Gasteiger partial charge in [0.1, 0.15) is 11.5 Å². The lowest BCUT2D eigenvalue weighted by Crippen LogP contribution is -2.38. The predicted octanol–water partition coefficient (Wildman–Crippen LogP) is 5.07. The molecule has 0 aliphatic carbocycles. The van der Waals surface area contributed by atoms with Crippen LogP contribution >= 0.6 is 23.2 Å². The van der Waals surface area contributed by atoms with Crippen LogP contribution in [0.5, 0.6) is 5.75 Å². The third kappa shape index (κ3) is 5.03. The lowest BCUT2D eigenvalue weighted by atomic mass is 9.94. The monoisotopic (exact) mass is 490 g/mol. The molecule has 1 saturated heterocycles. The van der Waals surface area contributed by atoms with Gasteiger partial charge in [0.2, 0.25) is 0 Å². The number of aliphatic hydroxyl groups excluding tert-OH is 1. The minimum absolute atomic E-state index is 0.0111. The van der Waals surface area contributed by atoms with Gasteiger partial charge in [-0.3, -0.25) is 9.59 Å². The molecule has 6 nitrogen and oxygen atoms in total. The molecule has 0 aromatic heterocycles. The molecule has 1 N–H and O–H groups in total. The molecule has 1 fully saturated rings. The van der Waals surface area contributed by atoms with Crippen molar-refractivity contribution in [2.45, 2.75) is 26.8 Å². The average Bonchev–Trinajstić information content (AvgIpc) is 3.04. The fourth-order valence-electron chi connectivity index (χ4n) is 4.12. The van der Waals surface area contributed by atoms with Crippen LogP contribution in [0.25, 0.3) is 5.76 Å². The van der Waals surface area contributed by atoms with Crippen molar-refractivity contribution in [1.29, 1.82) is 0 Å². The van der Waals surface area contributed by atoms with Gasteiger partial charge in [0.25, 0.3) is 11.7 Å². The Morgan fingerprint density at radius 3 is 2.39 bits per heavy atom. The van der Waals surface area contributed by atoms with Gasteiger partial charge in [0, 0.05) is 28.7 Å². The van der Waals surface area contributed by atoms with Crippen LogP contribution in [0.3, 0.4) is 0 Å². The summed E-state index contributed by atoms with van der Waals surface area (Å²) >= 11 is 12.6. The maximum Gasteiger partial charge on any atom is 0.295 e. The minimum atomic E-state index is -0.827. The molecular weight excluding hydrogens is 463 g/mol. The summed E-state index contributed by atoms with van der Waals surface area (Å²) in [4.78, 5) is 30.0. The molecule has 176 valence electrons. The van der Waals surface area contributed by atoms with Crippen LogP contribution in [0.4, 0.5) is 0 Å². The molecule has 3 rings (SSSR count). The Hall–Kier alpha value is -2.54. The van der Waals surface area contributed by atoms with Crippen molar-refractivity contribution in [2.75, 3.05) is 33.3 Å². The highest BCUT2D eigenvalue weighted by molar-refractivity contribution is 6.47. The van der Waals surface area contributed by atoms with E-state index in [9.17, 15) is 14.7 Å². The highest BCUT2D eigenvalue weighted by Gasteiger charge is 2.46. The van der Waals surface area contributed by atoms with Gasteiger partial charge in [0.05, 0.1) is 18.7 Å². The van der Waals surface area contributed by atoms with Gasteiger partial charge in [0.15, 0.2) is 0 Å². The first-order valence-electron chi connectivity index (χ1n) is 10.8. The van der Waals surface area contributed by atoms with Crippen molar-refractivity contribution in [3.63, 3.8) is 0 Å². The molecule has 0 unspecified atom stereocenters. The molecule has 33 heavy (non-hydrogen) atoms. The SMILES string of the molecule is CCN(CC)CCN1C(=O)C(=O)/C(=C(/O)c2ccc(OC)cc2C)[C@@H]1c1ccc(Cl)cc1Cl. The first-order valence-corrected chi connectivity index (χ1v) is 11.6. The molecule has 8 heteroatoms. The van der Waals surface area contributed by atoms with Gasteiger partial charge in [-0.1, -0.05) is 43.1 Å². The van der Waals surface area contributed by atoms with Crippen molar-refractivity contribution >= 4 is 40.7 Å². The quantitative estimate of drug-likeness (QED) is 0.317. The number of likely N-dealkylation sites (N-methyl/N-ethyl adjacent to an activating group) is 1. The van der Waals surface area contributed by atoms with E-state index in [1.807, 2.05) is 13.8 Å². The molecule has 0 radical (unpaired) electrons. The minimum Gasteiger partial charge on any atom is -0.507 e. The Bertz CT molecular complexity index is 1100. The van der Waals surface area contributed by atoms with E-state index in [4.69, 9.17) is 27.9 Å². The number of likely N-dealkylation sites (tertiary alicyclic amines) is 1. The Morgan fingerprint density at radius 2 is 1.82 bits per heavy atom. The lowest BCUT2D eigenvalue weighted by molar-refractivity contribution is -0.140. The highest BCUT2D eigenvalue weighted by Crippen LogP contribution is 2.42. The van der Waals surface area contributed by atoms with Gasteiger partial charge in [-0.15, -0.1) is 0 Å². The Morgan fingerprint density at radius 1 is 1.12 bits per heavy atom. The zero-order chi connectivity index (χ0) is 24.3. The van der Waals surface area contributed by atoms with E-state index in [1.54, 1.807) is 50.4 Å². The summed E-state index contributed by atoms with van der Waals surface area (Å²) in [5, 5.41) is 12.0. The summed E-state index contributed by atoms with van der Waals surface area (Å²) < 4.78 is 5.24. The molecule has 2 aromatic rings. The van der Waals surface area contributed by atoms with Crippen LogP contribution in [-0.4, -0.2) is 59.9 Å². The fourth-order valence-corrected chi connectivity index (χ4v) is 4.63. The van der Waals surface area contributed by atoms with Crippen LogP contribution in [0, 0.1) is 6.92 Å². The summed E-state index contributed by atoms with van der Waals surface area (Å²) in [7, 11) is 1.55. The van der Waals surface area contributed by atoms with Crippen molar-refractivity contribution < 1.29 is 19.4 Å². The van der Waals surface area contributed by atoms with Crippen LogP contribution in [0.1, 0.15) is 36.6 Å². The van der Waals surface area contributed by atoms with Gasteiger partial charge in [-0.2, -0.15) is 0 Å². The number of hydrogen-bond acceptors (Lipinski definition) is 5. The topological polar surface area (TPSA) is 70.1 Å². The molecule has 1 aliphatic heterocycles. The van der Waals surface area contributed by atoms with Crippen LogP contribution in [0.15, 0.2) is 42.0 Å². The number of benzene rings is 2. The number of halogens is 2. The van der Waals surface area contributed by atoms with Crippen molar-refractivity contribution in [2.24, 2.45) is 0 Å². The number of aliphatic hydroxyl groups is 1. The van der Waals surface area contributed by atoms with E-state index in [0.29, 0.717) is 45.6 Å². The van der Waals surface area contributed by atoms with E-state index in [-0.39, 0.29) is 11.3 Å². The molecule has 1 heterocycles. The molecule has 0 spiro atoms. The number of methoxy groups -OCH3 is 1. The first-order chi connectivity index (χ1) is 15.7. The van der Waals surface area contributed by atoms with Crippen LogP contribution < -0.4 is 4.74 Å². The van der Waals surface area contributed by atoms with Gasteiger partial charge >= 0.3 is 0 Å². The summed E-state index contributed by atoms with van der Waals surface area (Å²) in [6.07, 6.45) is 0. The summed E-state index contributed by atoms with van der Waals surface area (Å²) in [5.74, 6) is -1.01. The highest BCUT2D eigenvalue weighted by atomic mass is 35.5. The number of Topliss-reactive ketones (excluding diaryl/α,β-unsaturated/α-hetero) is 1. The van der Waals surface area contributed by atoms with Crippen molar-refractivity contribution in [1.82, 2.24) is 9.80 Å². The third-order valence-electron chi connectivity index (χ3n) is 6.04. The number of carbonyl (C=O) groups excluding carboxylic acids is 2. The molecule has 1 aliphatic rings. The molecule has 0 bridgehead atoms. The smallest absolute Gasteiger partial charge is 0.295 e. The molecular formula is C25H28Cl2N2O4. The predicted molar refractivity (Wildman–Crippen MR) is 131 cm³/mol. The second kappa shape index (κ2) is 10.6. The van der Waals surface area contributed by atoms with Crippen LogP contribution in [0.2, 0.25) is 10.0 Å². The van der Waals surface area contributed by atoms with E-state index in [1.165, 1.54) is 4.90 Å². The Kier molecular flexibility index (Phi) is 8.05. The van der Waals surface area contributed by atoms with Crippen LogP contribution in [-0.2, 0) is 9.59 Å². The van der Waals surface area contributed by atoms with E-state index in [0.717, 1.165) is 13.1 Å². The second-order valence-corrected chi connectivity index (χ2v) is 8.71. The molecule has 0 saturated carbocycles. The number of amides is 1. The number of ketones is 1. The summed E-state index contributed by atoms with van der Waals surface area (Å²) in [6.45, 7) is 8.42. The Labute approximate surface area is 204 Å². The van der Waals surface area contributed by atoms with E-state index in [2.05, 4.69) is 4.90 Å². The zero-order valence-corrected chi connectivity index (χ0v) is 20.7. The second-order valence-electron chi connectivity index (χ2n) is 7.87. The molecule has 1 amide bonds. The van der Waals surface area contributed by atoms with E-state index >= 15 is 0 Å². The lowest BCUT2D eigenvalue weighted by Gasteiger charge is -2.28.